The second kappa shape index (κ2) is 8.91. The number of nitrogens with zero attached hydrogens (tertiary/aromatic N) is 3. The molecule has 0 aliphatic carbocycles. The second-order valence-electron chi connectivity index (χ2n) is 5.70. The zero-order valence-corrected chi connectivity index (χ0v) is 16.1. The molecule has 0 amide bonds. The molecule has 2 heterocycles. The standard InChI is InChI=1S/C21H21N5S/c1-4-6-16(7-5-2)24-17-8-10-18(11-9-17)25-21-22-13-12-19(26-21)20-14-27-15(3)23-20/h4-14,24H,1H2,2-3H3,(H,22,25,26)/b7-5-,16-6+. The van der Waals surface area contributed by atoms with Crippen molar-refractivity contribution < 1.29 is 0 Å². The SMILES string of the molecule is C=C/C=C(\C=C/C)Nc1ccc(Nc2nccc(-c3csc(C)n3)n2)cc1. The molecule has 3 rings (SSSR count). The van der Waals surface area contributed by atoms with Crippen LogP contribution in [0.4, 0.5) is 17.3 Å². The fourth-order valence-corrected chi connectivity index (χ4v) is 3.03. The van der Waals surface area contributed by atoms with E-state index in [1.807, 2.05) is 67.8 Å². The summed E-state index contributed by atoms with van der Waals surface area (Å²) in [5, 5.41) is 9.59. The lowest BCUT2D eigenvalue weighted by Crippen LogP contribution is -1.99. The molecule has 1 aromatic carbocycles. The molecule has 27 heavy (non-hydrogen) atoms. The van der Waals surface area contributed by atoms with E-state index in [1.54, 1.807) is 23.6 Å². The lowest BCUT2D eigenvalue weighted by molar-refractivity contribution is 1.15. The van der Waals surface area contributed by atoms with Crippen molar-refractivity contribution in [1.82, 2.24) is 15.0 Å². The maximum Gasteiger partial charge on any atom is 0.227 e. The van der Waals surface area contributed by atoms with Gasteiger partial charge in [0.2, 0.25) is 5.95 Å². The van der Waals surface area contributed by atoms with E-state index in [0.717, 1.165) is 33.5 Å². The molecule has 0 bridgehead atoms. The van der Waals surface area contributed by atoms with Gasteiger partial charge in [0.1, 0.15) is 5.69 Å². The predicted octanol–water partition coefficient (Wildman–Crippen LogP) is 5.71. The number of thiazole rings is 1. The summed E-state index contributed by atoms with van der Waals surface area (Å²) in [6.07, 6.45) is 9.39. The van der Waals surface area contributed by atoms with E-state index in [-0.39, 0.29) is 0 Å². The lowest BCUT2D eigenvalue weighted by Gasteiger charge is -2.09. The van der Waals surface area contributed by atoms with Crippen molar-refractivity contribution in [1.29, 1.82) is 0 Å². The van der Waals surface area contributed by atoms with Crippen LogP contribution in [0.15, 0.2) is 78.5 Å². The Labute approximate surface area is 163 Å². The molecule has 3 aromatic rings. The van der Waals surface area contributed by atoms with E-state index >= 15 is 0 Å². The fourth-order valence-electron chi connectivity index (χ4n) is 2.42. The van der Waals surface area contributed by atoms with Gasteiger partial charge in [-0.3, -0.25) is 0 Å². The minimum Gasteiger partial charge on any atom is -0.356 e. The number of aromatic nitrogens is 3. The van der Waals surface area contributed by atoms with Crippen molar-refractivity contribution >= 4 is 28.7 Å². The molecule has 0 aliphatic heterocycles. The minimum atomic E-state index is 0.542. The molecular weight excluding hydrogens is 354 g/mol. The highest BCUT2D eigenvalue weighted by atomic mass is 32.1. The Hall–Kier alpha value is -3.25. The summed E-state index contributed by atoms with van der Waals surface area (Å²) in [6.45, 7) is 7.70. The number of hydrogen-bond donors (Lipinski definition) is 2. The van der Waals surface area contributed by atoms with Gasteiger partial charge in [-0.1, -0.05) is 18.7 Å². The highest BCUT2D eigenvalue weighted by Crippen LogP contribution is 2.22. The molecule has 6 heteroatoms. The fraction of sp³-hybridized carbons (Fsp3) is 0.0952. The predicted molar refractivity (Wildman–Crippen MR) is 114 cm³/mol. The molecule has 2 aromatic heterocycles. The van der Waals surface area contributed by atoms with Gasteiger partial charge in [-0.15, -0.1) is 11.3 Å². The topological polar surface area (TPSA) is 62.7 Å². The van der Waals surface area contributed by atoms with Gasteiger partial charge in [-0.2, -0.15) is 0 Å². The van der Waals surface area contributed by atoms with Crippen molar-refractivity contribution in [2.24, 2.45) is 0 Å². The Kier molecular flexibility index (Phi) is 6.12. The molecule has 2 N–H and O–H groups in total. The number of nitrogens with one attached hydrogen (secondary N) is 2. The summed E-state index contributed by atoms with van der Waals surface area (Å²) in [4.78, 5) is 13.3. The van der Waals surface area contributed by atoms with Crippen LogP contribution in [-0.2, 0) is 0 Å². The van der Waals surface area contributed by atoms with E-state index < -0.39 is 0 Å². The molecule has 0 unspecified atom stereocenters. The van der Waals surface area contributed by atoms with Gasteiger partial charge >= 0.3 is 0 Å². The third-order valence-electron chi connectivity index (χ3n) is 3.61. The van der Waals surface area contributed by atoms with Crippen molar-refractivity contribution in [3.05, 3.63) is 83.5 Å². The molecular formula is C21H21N5S. The van der Waals surface area contributed by atoms with Gasteiger partial charge in [-0.05, 0) is 56.3 Å². The minimum absolute atomic E-state index is 0.542. The van der Waals surface area contributed by atoms with Gasteiger partial charge in [0.25, 0.3) is 0 Å². The Morgan fingerprint density at radius 2 is 1.85 bits per heavy atom. The Bertz CT molecular complexity index is 970. The monoisotopic (exact) mass is 375 g/mol. The number of benzene rings is 1. The number of rotatable bonds is 7. The molecule has 0 aliphatic rings. The highest BCUT2D eigenvalue weighted by molar-refractivity contribution is 7.09. The van der Waals surface area contributed by atoms with Crippen LogP contribution in [-0.4, -0.2) is 15.0 Å². The third kappa shape index (κ3) is 5.12. The zero-order valence-electron chi connectivity index (χ0n) is 15.3. The van der Waals surface area contributed by atoms with Crippen LogP contribution in [0.3, 0.4) is 0 Å². The van der Waals surface area contributed by atoms with Gasteiger partial charge < -0.3 is 10.6 Å². The summed E-state index contributed by atoms with van der Waals surface area (Å²) in [7, 11) is 0. The van der Waals surface area contributed by atoms with Crippen molar-refractivity contribution in [3.8, 4) is 11.4 Å². The van der Waals surface area contributed by atoms with Gasteiger partial charge in [0, 0.05) is 28.6 Å². The molecule has 0 atom stereocenters. The first-order chi connectivity index (χ1) is 13.2. The number of hydrogen-bond acceptors (Lipinski definition) is 6. The van der Waals surface area contributed by atoms with Gasteiger partial charge in [-0.25, -0.2) is 15.0 Å². The Balaban J connectivity index is 1.71. The Morgan fingerprint density at radius 1 is 1.07 bits per heavy atom. The number of allylic oxidation sites excluding steroid dienone is 4. The Morgan fingerprint density at radius 3 is 2.52 bits per heavy atom. The molecule has 0 fully saturated rings. The smallest absolute Gasteiger partial charge is 0.227 e. The number of anilines is 3. The number of aryl methyl sites for hydroxylation is 1. The van der Waals surface area contributed by atoms with Crippen LogP contribution in [0.5, 0.6) is 0 Å². The van der Waals surface area contributed by atoms with Gasteiger partial charge in [0.15, 0.2) is 0 Å². The van der Waals surface area contributed by atoms with Gasteiger partial charge in [0.05, 0.1) is 10.7 Å². The van der Waals surface area contributed by atoms with E-state index in [0.29, 0.717) is 5.95 Å². The molecule has 0 radical (unpaired) electrons. The average molecular weight is 376 g/mol. The van der Waals surface area contributed by atoms with Crippen LogP contribution in [0, 0.1) is 6.92 Å². The van der Waals surface area contributed by atoms with Crippen LogP contribution in [0.1, 0.15) is 11.9 Å². The average Bonchev–Trinajstić information content (AvgIpc) is 3.11. The lowest BCUT2D eigenvalue weighted by atomic mass is 10.2. The summed E-state index contributed by atoms with van der Waals surface area (Å²) in [5.41, 5.74) is 4.54. The molecule has 0 spiro atoms. The zero-order chi connectivity index (χ0) is 19.1. The van der Waals surface area contributed by atoms with Crippen LogP contribution in [0.2, 0.25) is 0 Å². The van der Waals surface area contributed by atoms with E-state index in [2.05, 4.69) is 32.2 Å². The first-order valence-corrected chi connectivity index (χ1v) is 9.41. The van der Waals surface area contributed by atoms with Crippen LogP contribution < -0.4 is 10.6 Å². The maximum absolute atomic E-state index is 4.55. The first-order valence-electron chi connectivity index (χ1n) is 8.53. The summed E-state index contributed by atoms with van der Waals surface area (Å²) < 4.78 is 0. The normalized spacial score (nSPS) is 11.6. The molecule has 136 valence electrons. The van der Waals surface area contributed by atoms with E-state index in [4.69, 9.17) is 0 Å². The maximum atomic E-state index is 4.55. The van der Waals surface area contributed by atoms with Crippen LogP contribution >= 0.6 is 11.3 Å². The highest BCUT2D eigenvalue weighted by Gasteiger charge is 2.06. The van der Waals surface area contributed by atoms with E-state index in [9.17, 15) is 0 Å². The van der Waals surface area contributed by atoms with Crippen molar-refractivity contribution in [3.63, 3.8) is 0 Å². The second-order valence-corrected chi connectivity index (χ2v) is 6.76. The third-order valence-corrected chi connectivity index (χ3v) is 4.38. The molecule has 5 nitrogen and oxygen atoms in total. The quantitative estimate of drug-likeness (QED) is 0.518. The first kappa shape index (κ1) is 18.5. The van der Waals surface area contributed by atoms with Crippen LogP contribution in [0.25, 0.3) is 11.4 Å². The summed E-state index contributed by atoms with van der Waals surface area (Å²) in [6, 6.07) is 9.81. The van der Waals surface area contributed by atoms with Crippen molar-refractivity contribution in [2.75, 3.05) is 10.6 Å². The molecule has 0 saturated heterocycles. The largest absolute Gasteiger partial charge is 0.356 e. The summed E-state index contributed by atoms with van der Waals surface area (Å²) in [5.74, 6) is 0.542. The summed E-state index contributed by atoms with van der Waals surface area (Å²) >= 11 is 1.61. The molecule has 0 saturated carbocycles. The van der Waals surface area contributed by atoms with E-state index in [1.165, 1.54) is 0 Å². The van der Waals surface area contributed by atoms with Crippen molar-refractivity contribution in [2.45, 2.75) is 13.8 Å².